The van der Waals surface area contributed by atoms with Crippen molar-refractivity contribution >= 4 is 5.69 Å². The van der Waals surface area contributed by atoms with Crippen LogP contribution in [0.15, 0.2) is 55.6 Å². The molecule has 0 spiro atoms. The van der Waals surface area contributed by atoms with E-state index >= 15 is 0 Å². The van der Waals surface area contributed by atoms with Crippen LogP contribution in [0, 0.1) is 0 Å². The lowest BCUT2D eigenvalue weighted by atomic mass is 10.3. The van der Waals surface area contributed by atoms with Crippen molar-refractivity contribution < 1.29 is 4.74 Å². The highest BCUT2D eigenvalue weighted by atomic mass is 16.5. The summed E-state index contributed by atoms with van der Waals surface area (Å²) in [5, 5.41) is 3.21. The minimum atomic E-state index is 0.123. The molecule has 0 radical (unpaired) electrons. The largest absolute Gasteiger partial charge is 0.385 e. The van der Waals surface area contributed by atoms with Crippen LogP contribution in [0.5, 0.6) is 0 Å². The second-order valence-electron chi connectivity index (χ2n) is 3.91. The lowest BCUT2D eigenvalue weighted by molar-refractivity contribution is 0.0635. The lowest BCUT2D eigenvalue weighted by Crippen LogP contribution is -2.11. The van der Waals surface area contributed by atoms with Crippen molar-refractivity contribution in [3.8, 4) is 0 Å². The molecular weight excluding hydrogens is 222 g/mol. The van der Waals surface area contributed by atoms with E-state index in [1.165, 1.54) is 5.69 Å². The van der Waals surface area contributed by atoms with Gasteiger partial charge in [-0.25, -0.2) is 0 Å². The van der Waals surface area contributed by atoms with Gasteiger partial charge in [-0.05, 0) is 32.9 Å². The molecule has 0 fully saturated rings. The minimum Gasteiger partial charge on any atom is -0.385 e. The summed E-state index contributed by atoms with van der Waals surface area (Å²) in [5.74, 6) is 0. The van der Waals surface area contributed by atoms with Gasteiger partial charge in [0.25, 0.3) is 0 Å². The summed E-state index contributed by atoms with van der Waals surface area (Å²) in [6, 6.07) is 10.2. The van der Waals surface area contributed by atoms with E-state index in [9.17, 15) is 0 Å². The van der Waals surface area contributed by atoms with Crippen LogP contribution in [-0.2, 0) is 4.74 Å². The second kappa shape index (κ2) is 10.6. The number of ether oxygens (including phenoxy) is 1. The molecule has 1 aromatic carbocycles. The Hall–Kier alpha value is -1.54. The zero-order valence-corrected chi connectivity index (χ0v) is 11.7. The summed E-state index contributed by atoms with van der Waals surface area (Å²) < 4.78 is 5.31. The molecule has 2 nitrogen and oxygen atoms in total. The van der Waals surface area contributed by atoms with Gasteiger partial charge in [0.2, 0.25) is 0 Å². The van der Waals surface area contributed by atoms with E-state index in [1.54, 1.807) is 12.2 Å². The highest BCUT2D eigenvalue weighted by Gasteiger charge is 1.98. The van der Waals surface area contributed by atoms with Gasteiger partial charge in [-0.3, -0.25) is 0 Å². The quantitative estimate of drug-likeness (QED) is 0.758. The average molecular weight is 247 g/mol. The van der Waals surface area contributed by atoms with Gasteiger partial charge in [-0.1, -0.05) is 30.4 Å². The SMILES string of the molecule is C=CC(C)OC(C)C=C.CCNc1ccccc1. The molecule has 1 rings (SSSR count). The molecule has 0 saturated heterocycles. The van der Waals surface area contributed by atoms with Gasteiger partial charge in [0.15, 0.2) is 0 Å². The van der Waals surface area contributed by atoms with Crippen LogP contribution >= 0.6 is 0 Å². The topological polar surface area (TPSA) is 21.3 Å². The predicted octanol–water partition coefficient (Wildman–Crippen LogP) is 4.27. The van der Waals surface area contributed by atoms with Gasteiger partial charge < -0.3 is 10.1 Å². The van der Waals surface area contributed by atoms with Gasteiger partial charge in [0, 0.05) is 12.2 Å². The van der Waals surface area contributed by atoms with E-state index in [0.29, 0.717) is 0 Å². The third kappa shape index (κ3) is 8.59. The molecule has 0 aromatic heterocycles. The van der Waals surface area contributed by atoms with Crippen molar-refractivity contribution in [2.24, 2.45) is 0 Å². The molecule has 0 aliphatic carbocycles. The maximum atomic E-state index is 5.31. The number of benzene rings is 1. The smallest absolute Gasteiger partial charge is 0.0732 e. The number of hydrogen-bond donors (Lipinski definition) is 1. The minimum absolute atomic E-state index is 0.123. The van der Waals surface area contributed by atoms with Crippen LogP contribution in [0.2, 0.25) is 0 Å². The Morgan fingerprint density at radius 2 is 1.61 bits per heavy atom. The van der Waals surface area contributed by atoms with E-state index in [4.69, 9.17) is 4.74 Å². The maximum Gasteiger partial charge on any atom is 0.0732 e. The lowest BCUT2D eigenvalue weighted by Gasteiger charge is -2.11. The summed E-state index contributed by atoms with van der Waals surface area (Å²) in [4.78, 5) is 0. The molecule has 18 heavy (non-hydrogen) atoms. The molecule has 1 N–H and O–H groups in total. The first kappa shape index (κ1) is 16.5. The number of hydrogen-bond acceptors (Lipinski definition) is 2. The van der Waals surface area contributed by atoms with E-state index in [0.717, 1.165) is 6.54 Å². The van der Waals surface area contributed by atoms with Crippen LogP contribution in [0.1, 0.15) is 20.8 Å². The van der Waals surface area contributed by atoms with Gasteiger partial charge in [-0.2, -0.15) is 0 Å². The van der Waals surface area contributed by atoms with Crippen molar-refractivity contribution in [3.63, 3.8) is 0 Å². The monoisotopic (exact) mass is 247 g/mol. The molecule has 2 atom stereocenters. The number of rotatable bonds is 6. The fourth-order valence-electron chi connectivity index (χ4n) is 1.21. The van der Waals surface area contributed by atoms with Crippen molar-refractivity contribution in [3.05, 3.63) is 55.6 Å². The number of nitrogens with one attached hydrogen (secondary N) is 1. The molecule has 0 bridgehead atoms. The number of anilines is 1. The zero-order chi connectivity index (χ0) is 13.8. The fraction of sp³-hybridized carbons (Fsp3) is 0.375. The van der Waals surface area contributed by atoms with Crippen molar-refractivity contribution in [1.29, 1.82) is 0 Å². The Labute approximate surface area is 111 Å². The maximum absolute atomic E-state index is 5.31. The third-order valence-electron chi connectivity index (χ3n) is 2.25. The fourth-order valence-corrected chi connectivity index (χ4v) is 1.21. The van der Waals surface area contributed by atoms with Crippen LogP contribution in [0.4, 0.5) is 5.69 Å². The van der Waals surface area contributed by atoms with E-state index in [1.807, 2.05) is 32.0 Å². The molecule has 1 aromatic rings. The normalized spacial score (nSPS) is 12.6. The molecule has 0 amide bonds. The summed E-state index contributed by atoms with van der Waals surface area (Å²) in [7, 11) is 0. The van der Waals surface area contributed by atoms with Crippen molar-refractivity contribution in [2.45, 2.75) is 33.0 Å². The summed E-state index contributed by atoms with van der Waals surface area (Å²) in [5.41, 5.74) is 1.19. The standard InChI is InChI=1S/C8H11N.C8H14O/c1-2-9-8-6-4-3-5-7-8;1-5-7(3)9-8(4)6-2/h3-7,9H,2H2,1H3;5-8H,1-2H2,3-4H3. The predicted molar refractivity (Wildman–Crippen MR) is 81.0 cm³/mol. The molecule has 2 unspecified atom stereocenters. The summed E-state index contributed by atoms with van der Waals surface area (Å²) in [6.45, 7) is 14.2. The van der Waals surface area contributed by atoms with Gasteiger partial charge in [0.05, 0.1) is 12.2 Å². The van der Waals surface area contributed by atoms with Gasteiger partial charge in [-0.15, -0.1) is 13.2 Å². The molecule has 2 heteroatoms. The number of para-hydroxylation sites is 1. The zero-order valence-electron chi connectivity index (χ0n) is 11.7. The molecular formula is C16H25NO. The van der Waals surface area contributed by atoms with Crippen LogP contribution in [-0.4, -0.2) is 18.8 Å². The van der Waals surface area contributed by atoms with E-state index in [2.05, 4.69) is 37.5 Å². The molecule has 0 saturated carbocycles. The molecule has 0 aliphatic heterocycles. The van der Waals surface area contributed by atoms with Crippen LogP contribution in [0.3, 0.4) is 0 Å². The Morgan fingerprint density at radius 3 is 2.00 bits per heavy atom. The first-order valence-corrected chi connectivity index (χ1v) is 6.33. The Bertz CT molecular complexity index is 309. The highest BCUT2D eigenvalue weighted by molar-refractivity contribution is 5.41. The average Bonchev–Trinajstić information content (AvgIpc) is 2.40. The Balaban J connectivity index is 0.000000321. The van der Waals surface area contributed by atoms with Gasteiger partial charge >= 0.3 is 0 Å². The van der Waals surface area contributed by atoms with Crippen LogP contribution in [0.25, 0.3) is 0 Å². The second-order valence-corrected chi connectivity index (χ2v) is 3.91. The highest BCUT2D eigenvalue weighted by Crippen LogP contribution is 2.02. The molecule has 0 heterocycles. The van der Waals surface area contributed by atoms with E-state index in [-0.39, 0.29) is 12.2 Å². The Morgan fingerprint density at radius 1 is 1.11 bits per heavy atom. The Kier molecular flexibility index (Phi) is 9.70. The first-order valence-electron chi connectivity index (χ1n) is 6.33. The summed E-state index contributed by atoms with van der Waals surface area (Å²) in [6.07, 6.45) is 3.77. The van der Waals surface area contributed by atoms with E-state index < -0.39 is 0 Å². The van der Waals surface area contributed by atoms with Crippen LogP contribution < -0.4 is 5.32 Å². The van der Waals surface area contributed by atoms with Crippen molar-refractivity contribution in [1.82, 2.24) is 0 Å². The van der Waals surface area contributed by atoms with Crippen molar-refractivity contribution in [2.75, 3.05) is 11.9 Å². The first-order chi connectivity index (χ1) is 8.63. The van der Waals surface area contributed by atoms with Gasteiger partial charge in [0.1, 0.15) is 0 Å². The molecule has 100 valence electrons. The third-order valence-corrected chi connectivity index (χ3v) is 2.25. The summed E-state index contributed by atoms with van der Waals surface area (Å²) >= 11 is 0. The molecule has 0 aliphatic rings.